The summed E-state index contributed by atoms with van der Waals surface area (Å²) in [6.07, 6.45) is 8.65. The zero-order valence-electron chi connectivity index (χ0n) is 8.34. The van der Waals surface area contributed by atoms with Crippen LogP contribution in [0, 0.1) is 5.92 Å². The van der Waals surface area contributed by atoms with Gasteiger partial charge >= 0.3 is 0 Å². The van der Waals surface area contributed by atoms with Crippen LogP contribution in [-0.4, -0.2) is 13.2 Å². The molecule has 0 aromatic heterocycles. The van der Waals surface area contributed by atoms with Gasteiger partial charge in [0, 0.05) is 10.7 Å². The highest BCUT2D eigenvalue weighted by atomic mass is 35.7. The van der Waals surface area contributed by atoms with Gasteiger partial charge in [-0.2, -0.15) is 0 Å². The highest BCUT2D eigenvalue weighted by Crippen LogP contribution is 2.51. The summed E-state index contributed by atoms with van der Waals surface area (Å²) in [5.41, 5.74) is 0. The van der Waals surface area contributed by atoms with Gasteiger partial charge in [0.25, 0.3) is 0 Å². The first-order valence-corrected chi connectivity index (χ1v) is 7.79. The smallest absolute Gasteiger partial charge is 0.212 e. The fraction of sp³-hybridized carbons (Fsp3) is 1.00. The molecule has 14 heavy (non-hydrogen) atoms. The number of hydrogen-bond donors (Lipinski definition) is 0. The lowest BCUT2D eigenvalue weighted by Crippen LogP contribution is -2.23. The second-order valence-electron chi connectivity index (χ2n) is 4.83. The number of hydrogen-bond acceptors (Lipinski definition) is 2. The van der Waals surface area contributed by atoms with E-state index >= 15 is 0 Å². The molecule has 0 saturated heterocycles. The van der Waals surface area contributed by atoms with Gasteiger partial charge in [0.05, 0.1) is 4.75 Å². The minimum atomic E-state index is -3.32. The minimum Gasteiger partial charge on any atom is -0.212 e. The van der Waals surface area contributed by atoms with E-state index in [0.717, 1.165) is 19.3 Å². The Morgan fingerprint density at radius 1 is 1.14 bits per heavy atom. The van der Waals surface area contributed by atoms with Gasteiger partial charge in [-0.15, -0.1) is 0 Å². The number of halogens is 1. The first kappa shape index (κ1) is 10.7. The van der Waals surface area contributed by atoms with Gasteiger partial charge in [-0.05, 0) is 25.2 Å². The maximum Gasteiger partial charge on any atom is 0.238 e. The number of rotatable bonds is 3. The van der Waals surface area contributed by atoms with Crippen LogP contribution in [0.1, 0.15) is 51.4 Å². The molecule has 0 unspecified atom stereocenters. The second-order valence-corrected chi connectivity index (χ2v) is 7.79. The molecule has 2 rings (SSSR count). The van der Waals surface area contributed by atoms with Crippen LogP contribution in [-0.2, 0) is 9.05 Å². The largest absolute Gasteiger partial charge is 0.238 e. The minimum absolute atomic E-state index is 0.517. The van der Waals surface area contributed by atoms with Crippen LogP contribution in [0.4, 0.5) is 0 Å². The van der Waals surface area contributed by atoms with Crippen LogP contribution in [0.25, 0.3) is 0 Å². The Kier molecular flexibility index (Phi) is 2.82. The van der Waals surface area contributed by atoms with Crippen LogP contribution in [0.3, 0.4) is 0 Å². The van der Waals surface area contributed by atoms with E-state index in [0.29, 0.717) is 5.92 Å². The van der Waals surface area contributed by atoms with Gasteiger partial charge in [0.15, 0.2) is 0 Å². The van der Waals surface area contributed by atoms with E-state index < -0.39 is 13.8 Å². The lowest BCUT2D eigenvalue weighted by Gasteiger charge is -2.24. The Balaban J connectivity index is 1.97. The van der Waals surface area contributed by atoms with Crippen molar-refractivity contribution in [2.45, 2.75) is 56.1 Å². The van der Waals surface area contributed by atoms with Crippen molar-refractivity contribution in [1.29, 1.82) is 0 Å². The van der Waals surface area contributed by atoms with Crippen LogP contribution >= 0.6 is 10.7 Å². The summed E-state index contributed by atoms with van der Waals surface area (Å²) >= 11 is 0. The van der Waals surface area contributed by atoms with E-state index in [9.17, 15) is 8.42 Å². The third kappa shape index (κ3) is 2.08. The van der Waals surface area contributed by atoms with Crippen molar-refractivity contribution in [3.63, 3.8) is 0 Å². The highest BCUT2D eigenvalue weighted by molar-refractivity contribution is 8.15. The summed E-state index contributed by atoms with van der Waals surface area (Å²) in [5, 5.41) is 0. The van der Waals surface area contributed by atoms with Crippen molar-refractivity contribution in [3.05, 3.63) is 0 Å². The molecule has 4 heteroatoms. The van der Waals surface area contributed by atoms with Crippen molar-refractivity contribution in [2.75, 3.05) is 0 Å². The molecule has 0 amide bonds. The van der Waals surface area contributed by atoms with E-state index in [4.69, 9.17) is 10.7 Å². The molecule has 2 aliphatic carbocycles. The maximum absolute atomic E-state index is 11.4. The summed E-state index contributed by atoms with van der Waals surface area (Å²) in [6.45, 7) is 0. The van der Waals surface area contributed by atoms with Gasteiger partial charge in [-0.1, -0.05) is 32.1 Å². The molecule has 0 bridgehead atoms. The van der Waals surface area contributed by atoms with Crippen LogP contribution in [0.15, 0.2) is 0 Å². The van der Waals surface area contributed by atoms with E-state index in [-0.39, 0.29) is 0 Å². The molecule has 0 heterocycles. The third-order valence-electron chi connectivity index (χ3n) is 3.71. The molecule has 0 aliphatic heterocycles. The van der Waals surface area contributed by atoms with Gasteiger partial charge < -0.3 is 0 Å². The summed E-state index contributed by atoms with van der Waals surface area (Å²) < 4.78 is 22.2. The summed E-state index contributed by atoms with van der Waals surface area (Å²) in [6, 6.07) is 0. The molecule has 82 valence electrons. The van der Waals surface area contributed by atoms with Crippen molar-refractivity contribution in [2.24, 2.45) is 5.92 Å². The van der Waals surface area contributed by atoms with Crippen LogP contribution in [0.2, 0.25) is 0 Å². The van der Waals surface area contributed by atoms with Gasteiger partial charge in [0.2, 0.25) is 9.05 Å². The Hall–Kier alpha value is 0.240. The Morgan fingerprint density at radius 2 is 1.71 bits per heavy atom. The molecule has 0 aromatic rings. The maximum atomic E-state index is 11.4. The van der Waals surface area contributed by atoms with E-state index in [1.54, 1.807) is 0 Å². The van der Waals surface area contributed by atoms with Crippen molar-refractivity contribution in [1.82, 2.24) is 0 Å². The average Bonchev–Trinajstić information content (AvgIpc) is 2.86. The van der Waals surface area contributed by atoms with Gasteiger partial charge in [-0.3, -0.25) is 0 Å². The standard InChI is InChI=1S/C10H17ClO2S/c11-14(12,13)10(6-7-10)8-9-4-2-1-3-5-9/h9H,1-8H2. The summed E-state index contributed by atoms with van der Waals surface area (Å²) in [5.74, 6) is 0.611. The Labute approximate surface area is 90.4 Å². The predicted octanol–water partition coefficient (Wildman–Crippen LogP) is 3.06. The molecule has 0 spiro atoms. The zero-order chi connectivity index (χ0) is 10.2. The molecule has 0 atom stereocenters. The van der Waals surface area contributed by atoms with E-state index in [2.05, 4.69) is 0 Å². The first-order valence-electron chi connectivity index (χ1n) is 5.48. The molecule has 0 N–H and O–H groups in total. The fourth-order valence-corrected chi connectivity index (χ4v) is 4.28. The molecule has 2 aliphatic rings. The molecular formula is C10H17ClO2S. The topological polar surface area (TPSA) is 34.1 Å². The lowest BCUT2D eigenvalue weighted by molar-refractivity contribution is 0.330. The monoisotopic (exact) mass is 236 g/mol. The lowest BCUT2D eigenvalue weighted by atomic mass is 9.85. The molecule has 0 radical (unpaired) electrons. The highest BCUT2D eigenvalue weighted by Gasteiger charge is 2.54. The quantitative estimate of drug-likeness (QED) is 0.706. The van der Waals surface area contributed by atoms with Crippen LogP contribution in [0.5, 0.6) is 0 Å². The second kappa shape index (κ2) is 3.67. The molecule has 2 nitrogen and oxygen atoms in total. The Bertz CT molecular complexity index is 300. The normalized spacial score (nSPS) is 27.5. The zero-order valence-corrected chi connectivity index (χ0v) is 9.91. The predicted molar refractivity (Wildman–Crippen MR) is 57.9 cm³/mol. The molecular weight excluding hydrogens is 220 g/mol. The third-order valence-corrected chi connectivity index (χ3v) is 6.30. The van der Waals surface area contributed by atoms with Crippen molar-refractivity contribution < 1.29 is 8.42 Å². The van der Waals surface area contributed by atoms with E-state index in [1.807, 2.05) is 0 Å². The Morgan fingerprint density at radius 3 is 2.14 bits per heavy atom. The summed E-state index contributed by atoms with van der Waals surface area (Å²) in [4.78, 5) is 0. The van der Waals surface area contributed by atoms with Gasteiger partial charge in [0.1, 0.15) is 0 Å². The summed E-state index contributed by atoms with van der Waals surface area (Å²) in [7, 11) is 2.16. The van der Waals surface area contributed by atoms with Crippen LogP contribution < -0.4 is 0 Å². The van der Waals surface area contributed by atoms with Crippen molar-refractivity contribution >= 4 is 19.7 Å². The van der Waals surface area contributed by atoms with Crippen molar-refractivity contribution in [3.8, 4) is 0 Å². The van der Waals surface area contributed by atoms with Gasteiger partial charge in [-0.25, -0.2) is 8.42 Å². The fourth-order valence-electron chi connectivity index (χ4n) is 2.60. The molecule has 2 fully saturated rings. The first-order chi connectivity index (χ1) is 6.54. The molecule has 0 aromatic carbocycles. The average molecular weight is 237 g/mol. The molecule has 2 saturated carbocycles. The SMILES string of the molecule is O=S(=O)(Cl)C1(CC2CCCCC2)CC1. The van der Waals surface area contributed by atoms with E-state index in [1.165, 1.54) is 32.1 Å².